The van der Waals surface area contributed by atoms with E-state index in [2.05, 4.69) is 5.32 Å². The summed E-state index contributed by atoms with van der Waals surface area (Å²) in [4.78, 5) is 22.9. The van der Waals surface area contributed by atoms with E-state index < -0.39 is 11.9 Å². The molecule has 6 heteroatoms. The molecule has 1 amide bonds. The Balaban J connectivity index is 2.41. The van der Waals surface area contributed by atoms with Gasteiger partial charge in [-0.3, -0.25) is 9.59 Å². The van der Waals surface area contributed by atoms with Crippen molar-refractivity contribution in [1.82, 2.24) is 5.32 Å². The highest BCUT2D eigenvalue weighted by atomic mass is 16.5. The van der Waals surface area contributed by atoms with Gasteiger partial charge in [0.05, 0.1) is 19.1 Å². The van der Waals surface area contributed by atoms with Crippen molar-refractivity contribution in [2.75, 3.05) is 33.5 Å². The third kappa shape index (κ3) is 7.19. The lowest BCUT2D eigenvalue weighted by Gasteiger charge is -2.14. The molecule has 0 bridgehead atoms. The number of methoxy groups -OCH3 is 1. The molecule has 0 saturated heterocycles. The molecule has 6 nitrogen and oxygen atoms in total. The number of carboxylic acid groups (broad SMARTS) is 1. The molecular formula is C16H23NO5. The van der Waals surface area contributed by atoms with Crippen LogP contribution in [-0.2, 0) is 25.5 Å². The number of carboxylic acids is 1. The zero-order chi connectivity index (χ0) is 16.4. The number of hydrogen-bond donors (Lipinski definition) is 2. The monoisotopic (exact) mass is 309 g/mol. The topological polar surface area (TPSA) is 84.9 Å². The number of aryl methyl sites for hydroxylation is 1. The lowest BCUT2D eigenvalue weighted by Crippen LogP contribution is -2.36. The van der Waals surface area contributed by atoms with E-state index in [9.17, 15) is 14.7 Å². The number of benzene rings is 1. The van der Waals surface area contributed by atoms with Crippen molar-refractivity contribution >= 4 is 11.9 Å². The van der Waals surface area contributed by atoms with Crippen LogP contribution < -0.4 is 5.32 Å². The highest BCUT2D eigenvalue weighted by Crippen LogP contribution is 2.11. The molecule has 0 aliphatic carbocycles. The second-order valence-electron chi connectivity index (χ2n) is 5.08. The number of aliphatic carboxylic acids is 1. The van der Waals surface area contributed by atoms with Crippen LogP contribution in [0, 0.1) is 12.8 Å². The van der Waals surface area contributed by atoms with Crippen LogP contribution in [0.25, 0.3) is 0 Å². The molecule has 0 spiro atoms. The average Bonchev–Trinajstić information content (AvgIpc) is 2.47. The number of carbonyl (C=O) groups is 2. The number of rotatable bonds is 10. The molecule has 1 unspecified atom stereocenters. The van der Waals surface area contributed by atoms with E-state index in [1.807, 2.05) is 31.2 Å². The summed E-state index contributed by atoms with van der Waals surface area (Å²) in [6.45, 7) is 2.68. The largest absolute Gasteiger partial charge is 0.481 e. The normalized spacial score (nSPS) is 11.9. The van der Waals surface area contributed by atoms with Crippen molar-refractivity contribution < 1.29 is 24.2 Å². The lowest BCUT2D eigenvalue weighted by molar-refractivity contribution is -0.141. The van der Waals surface area contributed by atoms with Crippen LogP contribution in [0.1, 0.15) is 11.1 Å². The number of carbonyl (C=O) groups excluding carboxylic acids is 1. The lowest BCUT2D eigenvalue weighted by atomic mass is 9.98. The first-order valence-electron chi connectivity index (χ1n) is 7.14. The average molecular weight is 309 g/mol. The first kappa shape index (κ1) is 18.1. The van der Waals surface area contributed by atoms with Gasteiger partial charge >= 0.3 is 5.97 Å². The van der Waals surface area contributed by atoms with E-state index in [1.54, 1.807) is 7.11 Å². The minimum Gasteiger partial charge on any atom is -0.481 e. The van der Waals surface area contributed by atoms with Gasteiger partial charge in [0.25, 0.3) is 0 Å². The van der Waals surface area contributed by atoms with Crippen LogP contribution in [0.3, 0.4) is 0 Å². The van der Waals surface area contributed by atoms with Crippen molar-refractivity contribution in [3.63, 3.8) is 0 Å². The minimum absolute atomic E-state index is 0.0791. The van der Waals surface area contributed by atoms with Crippen LogP contribution in [0.5, 0.6) is 0 Å². The van der Waals surface area contributed by atoms with Crippen molar-refractivity contribution in [3.8, 4) is 0 Å². The van der Waals surface area contributed by atoms with Crippen molar-refractivity contribution in [3.05, 3.63) is 35.4 Å². The van der Waals surface area contributed by atoms with Gasteiger partial charge < -0.3 is 19.9 Å². The van der Waals surface area contributed by atoms with Crippen molar-refractivity contribution in [2.45, 2.75) is 13.3 Å². The zero-order valence-electron chi connectivity index (χ0n) is 13.0. The first-order valence-corrected chi connectivity index (χ1v) is 7.14. The Bertz CT molecular complexity index is 489. The summed E-state index contributed by atoms with van der Waals surface area (Å²) < 4.78 is 9.87. The minimum atomic E-state index is -0.929. The summed E-state index contributed by atoms with van der Waals surface area (Å²) in [6, 6.07) is 7.69. The molecule has 0 radical (unpaired) electrons. The molecule has 1 aromatic rings. The van der Waals surface area contributed by atoms with Crippen molar-refractivity contribution in [1.29, 1.82) is 0 Å². The molecule has 0 aromatic heterocycles. The third-order valence-electron chi connectivity index (χ3n) is 3.12. The Hall–Kier alpha value is -1.92. The SMILES string of the molecule is COCCOCC(=O)NCC(Cc1cccc(C)c1)C(=O)O. The fourth-order valence-corrected chi connectivity index (χ4v) is 1.97. The van der Waals surface area contributed by atoms with Gasteiger partial charge in [-0.05, 0) is 18.9 Å². The van der Waals surface area contributed by atoms with Crippen LogP contribution in [0.4, 0.5) is 0 Å². The Morgan fingerprint density at radius 3 is 2.73 bits per heavy atom. The molecule has 2 N–H and O–H groups in total. The van der Waals surface area contributed by atoms with Gasteiger partial charge in [-0.25, -0.2) is 0 Å². The summed E-state index contributed by atoms with van der Waals surface area (Å²) >= 11 is 0. The molecule has 1 rings (SSSR count). The third-order valence-corrected chi connectivity index (χ3v) is 3.12. The van der Waals surface area contributed by atoms with E-state index in [0.717, 1.165) is 11.1 Å². The highest BCUT2D eigenvalue weighted by Gasteiger charge is 2.19. The zero-order valence-corrected chi connectivity index (χ0v) is 13.0. The number of hydrogen-bond acceptors (Lipinski definition) is 4. The fraction of sp³-hybridized carbons (Fsp3) is 0.500. The fourth-order valence-electron chi connectivity index (χ4n) is 1.97. The van der Waals surface area contributed by atoms with E-state index in [1.165, 1.54) is 0 Å². The second-order valence-corrected chi connectivity index (χ2v) is 5.08. The van der Waals surface area contributed by atoms with Gasteiger partial charge in [0.2, 0.25) is 5.91 Å². The highest BCUT2D eigenvalue weighted by molar-refractivity contribution is 5.78. The summed E-state index contributed by atoms with van der Waals surface area (Å²) in [7, 11) is 1.55. The van der Waals surface area contributed by atoms with E-state index in [-0.39, 0.29) is 19.1 Å². The summed E-state index contributed by atoms with van der Waals surface area (Å²) in [6.07, 6.45) is 0.377. The predicted molar refractivity (Wildman–Crippen MR) is 81.7 cm³/mol. The van der Waals surface area contributed by atoms with Crippen LogP contribution >= 0.6 is 0 Å². The maximum absolute atomic E-state index is 11.6. The summed E-state index contributed by atoms with van der Waals surface area (Å²) in [5, 5.41) is 11.9. The maximum atomic E-state index is 11.6. The molecule has 0 aliphatic heterocycles. The van der Waals surface area contributed by atoms with Gasteiger partial charge in [-0.1, -0.05) is 29.8 Å². The molecular weight excluding hydrogens is 286 g/mol. The second kappa shape index (κ2) is 9.92. The van der Waals surface area contributed by atoms with Gasteiger partial charge in [-0.2, -0.15) is 0 Å². The number of amides is 1. The number of nitrogens with one attached hydrogen (secondary N) is 1. The molecule has 0 heterocycles. The Morgan fingerprint density at radius 1 is 1.32 bits per heavy atom. The first-order chi connectivity index (χ1) is 10.5. The number of ether oxygens (including phenoxy) is 2. The molecule has 0 saturated carbocycles. The van der Waals surface area contributed by atoms with E-state index >= 15 is 0 Å². The molecule has 0 aliphatic rings. The molecule has 1 atom stereocenters. The standard InChI is InChI=1S/C16H23NO5/c1-12-4-3-5-13(8-12)9-14(16(19)20)10-17-15(18)11-22-7-6-21-2/h3-5,8,14H,6-7,9-11H2,1-2H3,(H,17,18)(H,19,20). The quantitative estimate of drug-likeness (QED) is 0.630. The van der Waals surface area contributed by atoms with Gasteiger partial charge in [0.15, 0.2) is 0 Å². The van der Waals surface area contributed by atoms with E-state index in [0.29, 0.717) is 19.6 Å². The molecule has 1 aromatic carbocycles. The molecule has 22 heavy (non-hydrogen) atoms. The maximum Gasteiger partial charge on any atom is 0.308 e. The molecule has 0 fully saturated rings. The van der Waals surface area contributed by atoms with Crippen molar-refractivity contribution in [2.24, 2.45) is 5.92 Å². The Labute approximate surface area is 130 Å². The predicted octanol–water partition coefficient (Wildman–Crippen LogP) is 1.02. The Morgan fingerprint density at radius 2 is 2.09 bits per heavy atom. The van der Waals surface area contributed by atoms with E-state index in [4.69, 9.17) is 9.47 Å². The summed E-state index contributed by atoms with van der Waals surface area (Å²) in [5.74, 6) is -1.92. The van der Waals surface area contributed by atoms with Gasteiger partial charge in [0.1, 0.15) is 6.61 Å². The smallest absolute Gasteiger partial charge is 0.308 e. The van der Waals surface area contributed by atoms with Gasteiger partial charge in [-0.15, -0.1) is 0 Å². The van der Waals surface area contributed by atoms with Crippen LogP contribution in [0.2, 0.25) is 0 Å². The Kier molecular flexibility index (Phi) is 8.17. The van der Waals surface area contributed by atoms with Crippen LogP contribution in [-0.4, -0.2) is 50.5 Å². The molecule has 122 valence electrons. The van der Waals surface area contributed by atoms with Gasteiger partial charge in [0, 0.05) is 13.7 Å². The van der Waals surface area contributed by atoms with Crippen LogP contribution in [0.15, 0.2) is 24.3 Å². The summed E-state index contributed by atoms with van der Waals surface area (Å²) in [5.41, 5.74) is 2.02.